The van der Waals surface area contributed by atoms with E-state index in [1.54, 1.807) is 11.8 Å². The molecule has 1 saturated carbocycles. The van der Waals surface area contributed by atoms with Crippen molar-refractivity contribution in [3.05, 3.63) is 59.4 Å². The van der Waals surface area contributed by atoms with Gasteiger partial charge in [0.05, 0.1) is 24.0 Å². The molecule has 5 nitrogen and oxygen atoms in total. The molecule has 2 aliphatic rings. The van der Waals surface area contributed by atoms with Crippen LogP contribution in [0.15, 0.2) is 42.6 Å². The Morgan fingerprint density at radius 2 is 1.78 bits per heavy atom. The average molecular weight is 447 g/mol. The minimum atomic E-state index is -4.50. The van der Waals surface area contributed by atoms with E-state index in [1.807, 2.05) is 6.07 Å². The molecule has 1 aliphatic heterocycles. The van der Waals surface area contributed by atoms with Crippen LogP contribution in [0.25, 0.3) is 0 Å². The van der Waals surface area contributed by atoms with Crippen LogP contribution in [0.2, 0.25) is 0 Å². The highest BCUT2D eigenvalue weighted by Crippen LogP contribution is 2.43. The quantitative estimate of drug-likeness (QED) is 0.734. The number of nitrogens with one attached hydrogen (secondary N) is 1. The predicted octanol–water partition coefficient (Wildman–Crippen LogP) is 4.79. The van der Waals surface area contributed by atoms with Crippen molar-refractivity contribution in [2.45, 2.75) is 56.3 Å². The molecule has 0 unspecified atom stereocenters. The van der Waals surface area contributed by atoms with Crippen LogP contribution in [0.5, 0.6) is 0 Å². The van der Waals surface area contributed by atoms with Crippen LogP contribution in [0.4, 0.5) is 23.7 Å². The highest BCUT2D eigenvalue weighted by molar-refractivity contribution is 5.95. The number of carbonyl (C=O) groups is 1. The van der Waals surface area contributed by atoms with Gasteiger partial charge in [-0.1, -0.05) is 30.3 Å². The third-order valence-electron chi connectivity index (χ3n) is 7.20. The van der Waals surface area contributed by atoms with Gasteiger partial charge in [-0.3, -0.25) is 4.90 Å². The Hall–Kier alpha value is -2.61. The number of anilines is 1. The second-order valence-corrected chi connectivity index (χ2v) is 9.43. The highest BCUT2D eigenvalue weighted by Gasteiger charge is 2.50. The molecular weight excluding hydrogens is 417 g/mol. The third kappa shape index (κ3) is 4.20. The van der Waals surface area contributed by atoms with Crippen LogP contribution in [0.3, 0.4) is 0 Å². The zero-order valence-electron chi connectivity index (χ0n) is 18.7. The minimum Gasteiger partial charge on any atom is -0.330 e. The highest BCUT2D eigenvalue weighted by atomic mass is 19.4. The zero-order chi connectivity index (χ0) is 23.1. The van der Waals surface area contributed by atoms with Crippen molar-refractivity contribution in [1.82, 2.24) is 15.2 Å². The number of aromatic nitrogens is 1. The monoisotopic (exact) mass is 446 g/mol. The largest absolute Gasteiger partial charge is 0.433 e. The second kappa shape index (κ2) is 8.06. The van der Waals surface area contributed by atoms with Crippen LogP contribution < -0.4 is 10.2 Å². The minimum absolute atomic E-state index is 0.0105. The summed E-state index contributed by atoms with van der Waals surface area (Å²) in [6.45, 7) is 2.02. The number of hydrogen-bond donors (Lipinski definition) is 1. The number of rotatable bonds is 4. The molecule has 1 N–H and O–H groups in total. The molecule has 0 bridgehead atoms. The van der Waals surface area contributed by atoms with E-state index >= 15 is 0 Å². The van der Waals surface area contributed by atoms with E-state index in [-0.39, 0.29) is 17.1 Å². The number of hydrogen-bond acceptors (Lipinski definition) is 3. The first-order chi connectivity index (χ1) is 15.0. The number of urea groups is 1. The Balaban J connectivity index is 1.51. The standard InChI is InChI=1S/C24H29F3N4O/c1-17-13-20(24(25,26)27)28-15-19(17)31-16-22(29-21(31)32)9-11-23(12-10-22,30(2)3)14-18-7-5-4-6-8-18/h4-8,13,15H,9-12,14,16H2,1-3H3,(H,29,32)/t22-,23+. The maximum Gasteiger partial charge on any atom is 0.433 e. The summed E-state index contributed by atoms with van der Waals surface area (Å²) >= 11 is 0. The van der Waals surface area contributed by atoms with Gasteiger partial charge in [-0.05, 0) is 70.3 Å². The molecule has 1 aliphatic carbocycles. The van der Waals surface area contributed by atoms with Crippen molar-refractivity contribution in [3.8, 4) is 0 Å². The lowest BCUT2D eigenvalue weighted by Gasteiger charge is -2.48. The lowest BCUT2D eigenvalue weighted by atomic mass is 9.69. The van der Waals surface area contributed by atoms with Crippen molar-refractivity contribution >= 4 is 11.7 Å². The van der Waals surface area contributed by atoms with Gasteiger partial charge in [-0.2, -0.15) is 13.2 Å². The number of benzene rings is 1. The fourth-order valence-electron chi connectivity index (χ4n) is 5.12. The normalized spacial score (nSPS) is 26.1. The summed E-state index contributed by atoms with van der Waals surface area (Å²) in [5.41, 5.74) is 0.810. The summed E-state index contributed by atoms with van der Waals surface area (Å²) in [4.78, 5) is 20.2. The summed E-state index contributed by atoms with van der Waals surface area (Å²) in [6.07, 6.45) is 1.08. The third-order valence-corrected chi connectivity index (χ3v) is 7.20. The van der Waals surface area contributed by atoms with E-state index in [0.29, 0.717) is 17.8 Å². The number of amides is 2. The van der Waals surface area contributed by atoms with Gasteiger partial charge in [0.1, 0.15) is 5.69 Å². The molecule has 1 aromatic carbocycles. The van der Waals surface area contributed by atoms with Gasteiger partial charge >= 0.3 is 12.2 Å². The molecular formula is C24H29F3N4O. The predicted molar refractivity (Wildman–Crippen MR) is 118 cm³/mol. The van der Waals surface area contributed by atoms with Crippen LogP contribution in [0.1, 0.15) is 42.5 Å². The molecule has 172 valence electrons. The van der Waals surface area contributed by atoms with E-state index in [0.717, 1.165) is 38.2 Å². The number of nitrogens with zero attached hydrogens (tertiary/aromatic N) is 3. The average Bonchev–Trinajstić information content (AvgIpc) is 3.05. The van der Waals surface area contributed by atoms with Crippen molar-refractivity contribution in [2.75, 3.05) is 25.5 Å². The molecule has 2 amide bonds. The number of halogens is 3. The zero-order valence-corrected chi connectivity index (χ0v) is 18.7. The molecule has 2 heterocycles. The van der Waals surface area contributed by atoms with Crippen LogP contribution in [-0.2, 0) is 12.6 Å². The molecule has 32 heavy (non-hydrogen) atoms. The van der Waals surface area contributed by atoms with Crippen molar-refractivity contribution in [1.29, 1.82) is 0 Å². The summed E-state index contributed by atoms with van der Waals surface area (Å²) in [5, 5.41) is 3.15. The molecule has 1 spiro atoms. The number of pyridine rings is 1. The van der Waals surface area contributed by atoms with Crippen LogP contribution >= 0.6 is 0 Å². The van der Waals surface area contributed by atoms with Gasteiger partial charge in [0.25, 0.3) is 0 Å². The van der Waals surface area contributed by atoms with Gasteiger partial charge in [-0.25, -0.2) is 9.78 Å². The summed E-state index contributed by atoms with van der Waals surface area (Å²) in [6, 6.07) is 11.2. The van der Waals surface area contributed by atoms with Crippen LogP contribution in [-0.4, -0.2) is 47.6 Å². The van der Waals surface area contributed by atoms with Gasteiger partial charge in [0, 0.05) is 5.54 Å². The Bertz CT molecular complexity index is 982. The van der Waals surface area contributed by atoms with Gasteiger partial charge < -0.3 is 10.2 Å². The van der Waals surface area contributed by atoms with Gasteiger partial charge in [0.15, 0.2) is 0 Å². The second-order valence-electron chi connectivity index (χ2n) is 9.43. The van der Waals surface area contributed by atoms with E-state index in [1.165, 1.54) is 11.8 Å². The van der Waals surface area contributed by atoms with Crippen molar-refractivity contribution < 1.29 is 18.0 Å². The lowest BCUT2D eigenvalue weighted by Crippen LogP contribution is -2.56. The van der Waals surface area contributed by atoms with E-state index in [9.17, 15) is 18.0 Å². The van der Waals surface area contributed by atoms with Gasteiger partial charge in [0.2, 0.25) is 0 Å². The summed E-state index contributed by atoms with van der Waals surface area (Å²) in [5.74, 6) is 0. The Labute approximate surface area is 186 Å². The number of alkyl halides is 3. The summed E-state index contributed by atoms with van der Waals surface area (Å²) in [7, 11) is 4.22. The first-order valence-electron chi connectivity index (χ1n) is 10.9. The van der Waals surface area contributed by atoms with E-state index in [2.05, 4.69) is 53.6 Å². The molecule has 2 aromatic rings. The SMILES string of the molecule is Cc1cc(C(F)(F)F)ncc1N1C[C@]2(CC[C@](Cc3ccccc3)(N(C)C)CC2)NC1=O. The molecule has 2 fully saturated rings. The maximum absolute atomic E-state index is 13.0. The summed E-state index contributed by atoms with van der Waals surface area (Å²) < 4.78 is 38.9. The molecule has 8 heteroatoms. The number of aryl methyl sites for hydroxylation is 1. The van der Waals surface area contributed by atoms with E-state index in [4.69, 9.17) is 0 Å². The van der Waals surface area contributed by atoms with Gasteiger partial charge in [-0.15, -0.1) is 0 Å². The number of likely N-dealkylation sites (N-methyl/N-ethyl adjacent to an activating group) is 1. The lowest BCUT2D eigenvalue weighted by molar-refractivity contribution is -0.141. The molecule has 1 saturated heterocycles. The molecule has 1 aromatic heterocycles. The van der Waals surface area contributed by atoms with E-state index < -0.39 is 11.9 Å². The fraction of sp³-hybridized carbons (Fsp3) is 0.500. The van der Waals surface area contributed by atoms with Crippen molar-refractivity contribution in [3.63, 3.8) is 0 Å². The first-order valence-corrected chi connectivity index (χ1v) is 10.9. The smallest absolute Gasteiger partial charge is 0.330 e. The molecule has 0 atom stereocenters. The Morgan fingerprint density at radius 1 is 1.12 bits per heavy atom. The fourth-order valence-corrected chi connectivity index (χ4v) is 5.12. The van der Waals surface area contributed by atoms with Crippen molar-refractivity contribution in [2.24, 2.45) is 0 Å². The maximum atomic E-state index is 13.0. The topological polar surface area (TPSA) is 48.5 Å². The Morgan fingerprint density at radius 3 is 2.34 bits per heavy atom. The molecule has 4 rings (SSSR count). The molecule has 0 radical (unpaired) electrons. The Kier molecular flexibility index (Phi) is 5.69. The first kappa shape index (κ1) is 22.6. The number of carbonyl (C=O) groups excluding carboxylic acids is 1. The van der Waals surface area contributed by atoms with Crippen LogP contribution in [0, 0.1) is 6.92 Å².